The van der Waals surface area contributed by atoms with Crippen molar-refractivity contribution in [2.75, 3.05) is 0 Å². The zero-order valence-corrected chi connectivity index (χ0v) is 23.1. The molecule has 0 N–H and O–H groups in total. The van der Waals surface area contributed by atoms with Gasteiger partial charge in [-0.2, -0.15) is 0 Å². The van der Waals surface area contributed by atoms with Gasteiger partial charge in [0.05, 0.1) is 0 Å². The zero-order chi connectivity index (χ0) is 22.1. The molecule has 2 aliphatic rings. The molecule has 2 aliphatic carbocycles. The SMILES string of the molecule is C[SiH](C)[Zr]([CH3])([CH3])([CH]1c2ccccc2-c2ccccc21)[CH]1c2ccccc2-c2ccccc21. The summed E-state index contributed by atoms with van der Waals surface area (Å²) in [6.07, 6.45) is 0. The van der Waals surface area contributed by atoms with Crippen LogP contribution in [0.2, 0.25) is 22.4 Å². The van der Waals surface area contributed by atoms with Crippen molar-refractivity contribution in [3.8, 4) is 22.3 Å². The minimum absolute atomic E-state index is 0.583. The third-order valence-electron chi connectivity index (χ3n) is 9.31. The number of rotatable bonds is 3. The average Bonchev–Trinajstić information content (AvgIpc) is 3.33. The van der Waals surface area contributed by atoms with Gasteiger partial charge in [0, 0.05) is 0 Å². The second-order valence-corrected chi connectivity index (χ2v) is 49.0. The van der Waals surface area contributed by atoms with Crippen molar-refractivity contribution in [2.45, 2.75) is 29.6 Å². The average molecular weight is 511 g/mol. The Morgan fingerprint density at radius 1 is 0.469 bits per heavy atom. The van der Waals surface area contributed by atoms with Crippen LogP contribution in [0.25, 0.3) is 22.3 Å². The summed E-state index contributed by atoms with van der Waals surface area (Å²) in [6.45, 7) is 5.33. The van der Waals surface area contributed by atoms with Gasteiger partial charge in [0.15, 0.2) is 0 Å². The fraction of sp³-hybridized carbons (Fsp3) is 0.200. The Hall–Kier alpha value is -2.02. The molecule has 6 rings (SSSR count). The van der Waals surface area contributed by atoms with Crippen LogP contribution in [-0.4, -0.2) is 5.92 Å². The molecule has 0 heterocycles. The Balaban J connectivity index is 1.71. The monoisotopic (exact) mass is 509 g/mol. The van der Waals surface area contributed by atoms with Gasteiger partial charge in [0.25, 0.3) is 0 Å². The van der Waals surface area contributed by atoms with E-state index in [4.69, 9.17) is 0 Å². The van der Waals surface area contributed by atoms with Crippen molar-refractivity contribution in [3.05, 3.63) is 119 Å². The summed E-state index contributed by atoms with van der Waals surface area (Å²) in [4.78, 5) is 0. The molecule has 0 aromatic heterocycles. The predicted octanol–water partition coefficient (Wildman–Crippen LogP) is 8.30. The van der Waals surface area contributed by atoms with E-state index in [0.29, 0.717) is 7.25 Å². The van der Waals surface area contributed by atoms with Crippen LogP contribution in [-0.2, 0) is 17.9 Å². The Bertz CT molecular complexity index is 1180. The van der Waals surface area contributed by atoms with Gasteiger partial charge in [0.1, 0.15) is 0 Å². The molecule has 2 heteroatoms. The van der Waals surface area contributed by atoms with E-state index in [2.05, 4.69) is 119 Å². The number of hydrogen-bond donors (Lipinski definition) is 0. The van der Waals surface area contributed by atoms with Crippen LogP contribution < -0.4 is 0 Å². The fourth-order valence-electron chi connectivity index (χ4n) is 7.11. The first kappa shape index (κ1) is 20.6. The van der Waals surface area contributed by atoms with Crippen molar-refractivity contribution in [1.82, 2.24) is 0 Å². The molecule has 0 nitrogen and oxygen atoms in total. The molecule has 0 aliphatic heterocycles. The molecule has 0 saturated heterocycles. The summed E-state index contributed by atoms with van der Waals surface area (Å²) in [5.74, 6) is -1.05. The molecule has 0 spiro atoms. The molecule has 0 bridgehead atoms. The Morgan fingerprint density at radius 2 is 0.719 bits per heavy atom. The molecule has 4 aromatic carbocycles. The van der Waals surface area contributed by atoms with E-state index in [1.807, 2.05) is 0 Å². The van der Waals surface area contributed by atoms with Crippen LogP contribution in [0.5, 0.6) is 0 Å². The number of hydrogen-bond acceptors (Lipinski definition) is 0. The molecule has 0 atom stereocenters. The Morgan fingerprint density at radius 3 is 0.969 bits per heavy atom. The second-order valence-electron chi connectivity index (χ2n) is 11.1. The molecule has 0 fully saturated rings. The second kappa shape index (κ2) is 6.99. The maximum atomic E-state index is 2.84. The van der Waals surface area contributed by atoms with Crippen LogP contribution in [0.1, 0.15) is 29.5 Å². The first-order valence-corrected chi connectivity index (χ1v) is 26.9. The van der Waals surface area contributed by atoms with E-state index >= 15 is 0 Å². The van der Waals surface area contributed by atoms with Crippen molar-refractivity contribution in [2.24, 2.45) is 0 Å². The quantitative estimate of drug-likeness (QED) is 0.243. The van der Waals surface area contributed by atoms with Crippen LogP contribution in [0.15, 0.2) is 97.1 Å². The Labute approximate surface area is 194 Å². The predicted molar refractivity (Wildman–Crippen MR) is 138 cm³/mol. The van der Waals surface area contributed by atoms with Crippen molar-refractivity contribution < 1.29 is 17.9 Å². The molecule has 0 unspecified atom stereocenters. The van der Waals surface area contributed by atoms with E-state index in [1.54, 1.807) is 22.3 Å². The molecular weight excluding hydrogens is 480 g/mol. The van der Waals surface area contributed by atoms with E-state index < -0.39 is 23.9 Å². The first-order chi connectivity index (χ1) is 15.4. The first-order valence-electron chi connectivity index (χ1n) is 12.0. The van der Waals surface area contributed by atoms with E-state index in [9.17, 15) is 0 Å². The van der Waals surface area contributed by atoms with Crippen LogP contribution in [0, 0.1) is 0 Å². The van der Waals surface area contributed by atoms with Crippen molar-refractivity contribution in [1.29, 1.82) is 0 Å². The molecule has 32 heavy (non-hydrogen) atoms. The Kier molecular flexibility index (Phi) is 4.49. The van der Waals surface area contributed by atoms with Gasteiger partial charge in [-0.25, -0.2) is 0 Å². The molecular formula is C30H31SiZr. The van der Waals surface area contributed by atoms with Gasteiger partial charge in [-0.3, -0.25) is 0 Å². The minimum atomic E-state index is -3.56. The van der Waals surface area contributed by atoms with Crippen LogP contribution >= 0.6 is 0 Å². The standard InChI is InChI=1S/2C13H9.C2H7Si.2CH3.Zr/c2*1-3-7-12-10(5-1)9-11-6-2-4-8-13(11)12;1-3-2;;;/h2*1-9H;3H,1-2H3;2*1H3;. The third kappa shape index (κ3) is 2.52. The fourth-order valence-corrected chi connectivity index (χ4v) is 35.5. The van der Waals surface area contributed by atoms with Gasteiger partial charge in [-0.05, 0) is 0 Å². The molecule has 0 amide bonds. The van der Waals surface area contributed by atoms with Gasteiger partial charge < -0.3 is 0 Å². The maximum absolute atomic E-state index is 3.56. The summed E-state index contributed by atoms with van der Waals surface area (Å²) < 4.78 is 6.84. The molecule has 159 valence electrons. The van der Waals surface area contributed by atoms with E-state index in [-0.39, 0.29) is 0 Å². The molecule has 0 radical (unpaired) electrons. The molecule has 4 aromatic rings. The van der Waals surface area contributed by atoms with E-state index in [1.165, 1.54) is 22.3 Å². The van der Waals surface area contributed by atoms with Gasteiger partial charge in [0.2, 0.25) is 0 Å². The summed E-state index contributed by atoms with van der Waals surface area (Å²) >= 11 is -3.56. The number of benzene rings is 4. The third-order valence-corrected chi connectivity index (χ3v) is 55.8. The normalized spacial score (nSPS) is 16.2. The zero-order valence-electron chi connectivity index (χ0n) is 19.5. The van der Waals surface area contributed by atoms with Crippen LogP contribution in [0.3, 0.4) is 0 Å². The summed E-state index contributed by atoms with van der Waals surface area (Å²) in [6, 6.07) is 37.2. The van der Waals surface area contributed by atoms with Gasteiger partial charge in [-0.15, -0.1) is 0 Å². The molecule has 0 saturated carbocycles. The summed E-state index contributed by atoms with van der Waals surface area (Å²) in [7, 11) is 0. The van der Waals surface area contributed by atoms with Crippen LogP contribution in [0.4, 0.5) is 0 Å². The summed E-state index contributed by atoms with van der Waals surface area (Å²) in [5.41, 5.74) is 12.3. The topological polar surface area (TPSA) is 0 Å². The van der Waals surface area contributed by atoms with Crippen molar-refractivity contribution in [3.63, 3.8) is 0 Å². The van der Waals surface area contributed by atoms with Crippen molar-refractivity contribution >= 4 is 5.92 Å². The number of fused-ring (bicyclic) bond motifs is 6. The van der Waals surface area contributed by atoms with Gasteiger partial charge >= 0.3 is 195 Å². The van der Waals surface area contributed by atoms with E-state index in [0.717, 1.165) is 0 Å². The van der Waals surface area contributed by atoms with Gasteiger partial charge in [-0.1, -0.05) is 0 Å². The summed E-state index contributed by atoms with van der Waals surface area (Å²) in [5, 5.41) is 0.